The van der Waals surface area contributed by atoms with Crippen LogP contribution in [-0.4, -0.2) is 57.6 Å². The topological polar surface area (TPSA) is 96.0 Å². The van der Waals surface area contributed by atoms with Gasteiger partial charge in [0.1, 0.15) is 24.2 Å². The fourth-order valence-corrected chi connectivity index (χ4v) is 4.90. The van der Waals surface area contributed by atoms with Crippen molar-refractivity contribution in [2.24, 2.45) is 0 Å². The minimum absolute atomic E-state index is 0.0330. The SMILES string of the molecule is CCOc1ccccc1N(CC(=O)N(Cc1ccc(F)cc1)[C@H](Cc1ccccc1)C(=O)NC)S(C)(=O)=O. The van der Waals surface area contributed by atoms with Gasteiger partial charge in [0, 0.05) is 20.0 Å². The van der Waals surface area contributed by atoms with Crippen LogP contribution in [0.1, 0.15) is 18.1 Å². The first-order valence-corrected chi connectivity index (χ1v) is 14.0. The highest BCUT2D eigenvalue weighted by Crippen LogP contribution is 2.30. The smallest absolute Gasteiger partial charge is 0.244 e. The number of carbonyl (C=O) groups excluding carboxylic acids is 2. The van der Waals surface area contributed by atoms with Crippen LogP contribution in [0, 0.1) is 5.82 Å². The van der Waals surface area contributed by atoms with Crippen molar-refractivity contribution in [2.75, 3.05) is 30.8 Å². The van der Waals surface area contributed by atoms with Gasteiger partial charge < -0.3 is 15.0 Å². The Labute approximate surface area is 223 Å². The molecule has 1 N–H and O–H groups in total. The Morgan fingerprint density at radius 3 is 2.18 bits per heavy atom. The number of hydrogen-bond acceptors (Lipinski definition) is 5. The summed E-state index contributed by atoms with van der Waals surface area (Å²) in [5, 5.41) is 2.61. The van der Waals surface area contributed by atoms with Crippen molar-refractivity contribution < 1.29 is 27.1 Å². The van der Waals surface area contributed by atoms with E-state index < -0.39 is 40.2 Å². The van der Waals surface area contributed by atoms with Gasteiger partial charge >= 0.3 is 0 Å². The van der Waals surface area contributed by atoms with E-state index in [0.29, 0.717) is 17.9 Å². The predicted octanol–water partition coefficient (Wildman–Crippen LogP) is 3.38. The van der Waals surface area contributed by atoms with Crippen LogP contribution in [0.25, 0.3) is 0 Å². The Kier molecular flexibility index (Phi) is 9.84. The summed E-state index contributed by atoms with van der Waals surface area (Å²) in [7, 11) is -2.45. The van der Waals surface area contributed by atoms with Crippen molar-refractivity contribution in [1.82, 2.24) is 10.2 Å². The molecule has 3 aromatic rings. The van der Waals surface area contributed by atoms with Crippen molar-refractivity contribution in [2.45, 2.75) is 25.9 Å². The van der Waals surface area contributed by atoms with Crippen molar-refractivity contribution in [1.29, 1.82) is 0 Å². The number of para-hydroxylation sites is 2. The number of ether oxygens (including phenoxy) is 1. The first kappa shape index (κ1) is 28.6. The number of sulfonamides is 1. The molecule has 0 aromatic heterocycles. The number of amides is 2. The van der Waals surface area contributed by atoms with E-state index in [1.54, 1.807) is 31.2 Å². The van der Waals surface area contributed by atoms with Crippen molar-refractivity contribution in [3.63, 3.8) is 0 Å². The molecule has 2 amide bonds. The number of carbonyl (C=O) groups is 2. The van der Waals surface area contributed by atoms with Crippen LogP contribution in [0.5, 0.6) is 5.75 Å². The number of hydrogen-bond donors (Lipinski definition) is 1. The molecule has 0 radical (unpaired) electrons. The molecular formula is C28H32FN3O5S. The molecule has 0 heterocycles. The molecular weight excluding hydrogens is 509 g/mol. The highest BCUT2D eigenvalue weighted by Gasteiger charge is 2.33. The molecule has 1 atom stereocenters. The maximum absolute atomic E-state index is 13.9. The monoisotopic (exact) mass is 541 g/mol. The molecule has 0 spiro atoms. The average molecular weight is 542 g/mol. The standard InChI is InChI=1S/C28H32FN3O5S/c1-4-37-26-13-9-8-12-24(26)32(38(3,35)36)20-27(33)31(19-22-14-16-23(29)17-15-22)25(28(34)30-2)18-21-10-6-5-7-11-21/h5-17,25H,4,18-20H2,1-3H3,(H,30,34)/t25-/m1/s1. The molecule has 3 aromatic carbocycles. The molecule has 3 rings (SSSR count). The van der Waals surface area contributed by atoms with Gasteiger partial charge in [-0.15, -0.1) is 0 Å². The van der Waals surface area contributed by atoms with Crippen LogP contribution >= 0.6 is 0 Å². The van der Waals surface area contributed by atoms with Crippen LogP contribution in [0.2, 0.25) is 0 Å². The van der Waals surface area contributed by atoms with Gasteiger partial charge in [-0.1, -0.05) is 54.6 Å². The zero-order valence-electron chi connectivity index (χ0n) is 21.6. The van der Waals surface area contributed by atoms with E-state index in [4.69, 9.17) is 4.74 Å². The molecule has 0 saturated carbocycles. The molecule has 8 nitrogen and oxygen atoms in total. The molecule has 0 aliphatic carbocycles. The van der Waals surface area contributed by atoms with E-state index in [-0.39, 0.29) is 18.7 Å². The van der Waals surface area contributed by atoms with E-state index in [1.165, 1.54) is 36.2 Å². The maximum Gasteiger partial charge on any atom is 0.244 e. The van der Waals surface area contributed by atoms with E-state index >= 15 is 0 Å². The minimum atomic E-state index is -3.92. The van der Waals surface area contributed by atoms with Crippen LogP contribution < -0.4 is 14.4 Å². The summed E-state index contributed by atoms with van der Waals surface area (Å²) in [5.74, 6) is -1.14. The van der Waals surface area contributed by atoms with Gasteiger partial charge in [0.05, 0.1) is 18.6 Å². The van der Waals surface area contributed by atoms with Crippen molar-refractivity contribution in [3.05, 3.63) is 95.8 Å². The third kappa shape index (κ3) is 7.55. The van der Waals surface area contributed by atoms with Crippen molar-refractivity contribution in [3.8, 4) is 5.75 Å². The predicted molar refractivity (Wildman–Crippen MR) is 145 cm³/mol. The molecule has 0 aliphatic rings. The third-order valence-corrected chi connectivity index (χ3v) is 7.02. The zero-order chi connectivity index (χ0) is 27.7. The van der Waals surface area contributed by atoms with E-state index in [0.717, 1.165) is 16.1 Å². The fourth-order valence-electron chi connectivity index (χ4n) is 4.04. The number of nitrogens with one attached hydrogen (secondary N) is 1. The lowest BCUT2D eigenvalue weighted by Crippen LogP contribution is -2.52. The van der Waals surface area contributed by atoms with E-state index in [9.17, 15) is 22.4 Å². The largest absolute Gasteiger partial charge is 0.492 e. The lowest BCUT2D eigenvalue weighted by Gasteiger charge is -2.33. The Balaban J connectivity index is 2.04. The lowest BCUT2D eigenvalue weighted by molar-refractivity contribution is -0.139. The van der Waals surface area contributed by atoms with Crippen molar-refractivity contribution >= 4 is 27.5 Å². The first-order chi connectivity index (χ1) is 18.1. The second-order valence-electron chi connectivity index (χ2n) is 8.64. The van der Waals surface area contributed by atoms with Gasteiger partial charge in [-0.2, -0.15) is 0 Å². The van der Waals surface area contributed by atoms with Crippen LogP contribution in [0.15, 0.2) is 78.9 Å². The minimum Gasteiger partial charge on any atom is -0.492 e. The van der Waals surface area contributed by atoms with Gasteiger partial charge in [0.15, 0.2) is 0 Å². The number of halogens is 1. The lowest BCUT2D eigenvalue weighted by atomic mass is 10.0. The van der Waals surface area contributed by atoms with Crippen LogP contribution in [0.3, 0.4) is 0 Å². The summed E-state index contributed by atoms with van der Waals surface area (Å²) < 4.78 is 45.9. The summed E-state index contributed by atoms with van der Waals surface area (Å²) in [5.41, 5.74) is 1.62. The molecule has 202 valence electrons. The van der Waals surface area contributed by atoms with E-state index in [2.05, 4.69) is 5.32 Å². The highest BCUT2D eigenvalue weighted by molar-refractivity contribution is 7.92. The summed E-state index contributed by atoms with van der Waals surface area (Å²) in [6.07, 6.45) is 1.20. The Morgan fingerprint density at radius 1 is 0.947 bits per heavy atom. The summed E-state index contributed by atoms with van der Waals surface area (Å²) in [6, 6.07) is 20.4. The van der Waals surface area contributed by atoms with E-state index in [1.807, 2.05) is 30.3 Å². The molecule has 10 heteroatoms. The normalized spacial score (nSPS) is 11.9. The zero-order valence-corrected chi connectivity index (χ0v) is 22.4. The first-order valence-electron chi connectivity index (χ1n) is 12.1. The number of likely N-dealkylation sites (N-methyl/N-ethyl adjacent to an activating group) is 1. The number of benzene rings is 3. The van der Waals surface area contributed by atoms with Gasteiger partial charge in [-0.25, -0.2) is 12.8 Å². The van der Waals surface area contributed by atoms with Crippen LogP contribution in [-0.2, 0) is 32.6 Å². The number of nitrogens with zero attached hydrogens (tertiary/aromatic N) is 2. The Bertz CT molecular complexity index is 1330. The number of anilines is 1. The Morgan fingerprint density at radius 2 is 1.58 bits per heavy atom. The summed E-state index contributed by atoms with van der Waals surface area (Å²) >= 11 is 0. The molecule has 38 heavy (non-hydrogen) atoms. The van der Waals surface area contributed by atoms with Gasteiger partial charge in [0.25, 0.3) is 0 Å². The van der Waals surface area contributed by atoms with Gasteiger partial charge in [-0.05, 0) is 42.3 Å². The third-order valence-electron chi connectivity index (χ3n) is 5.90. The second kappa shape index (κ2) is 13.0. The average Bonchev–Trinajstić information content (AvgIpc) is 2.90. The van der Waals surface area contributed by atoms with Gasteiger partial charge in [-0.3, -0.25) is 13.9 Å². The van der Waals surface area contributed by atoms with Crippen LogP contribution in [0.4, 0.5) is 10.1 Å². The quantitative estimate of drug-likeness (QED) is 0.379. The second-order valence-corrected chi connectivity index (χ2v) is 10.5. The molecule has 0 fully saturated rings. The molecule has 0 saturated heterocycles. The fraction of sp³-hybridized carbons (Fsp3) is 0.286. The Hall–Kier alpha value is -3.92. The molecule has 0 unspecified atom stereocenters. The molecule has 0 aliphatic heterocycles. The summed E-state index contributed by atoms with van der Waals surface area (Å²) in [6.45, 7) is 1.48. The van der Waals surface area contributed by atoms with Gasteiger partial charge in [0.2, 0.25) is 21.8 Å². The maximum atomic E-state index is 13.9. The number of rotatable bonds is 12. The highest BCUT2D eigenvalue weighted by atomic mass is 32.2. The molecule has 0 bridgehead atoms. The summed E-state index contributed by atoms with van der Waals surface area (Å²) in [4.78, 5) is 28.3.